The molecule has 1 aliphatic heterocycles. The fourth-order valence-electron chi connectivity index (χ4n) is 3.13. The predicted molar refractivity (Wildman–Crippen MR) is 69.7 cm³/mol. The van der Waals surface area contributed by atoms with Gasteiger partial charge in [0.05, 0.1) is 5.92 Å². The second-order valence-corrected chi connectivity index (χ2v) is 5.68. The maximum atomic E-state index is 12.4. The van der Waals surface area contributed by atoms with Gasteiger partial charge in [0, 0.05) is 32.2 Å². The van der Waals surface area contributed by atoms with Crippen molar-refractivity contribution in [1.82, 2.24) is 4.90 Å². The lowest BCUT2D eigenvalue weighted by atomic mass is 9.81. The summed E-state index contributed by atoms with van der Waals surface area (Å²) in [4.78, 5) is 25.2. The maximum absolute atomic E-state index is 12.4. The normalized spacial score (nSPS) is 28.9. The molecule has 1 saturated heterocycles. The summed E-state index contributed by atoms with van der Waals surface area (Å²) < 4.78 is 5.31. The molecule has 2 rings (SSSR count). The summed E-state index contributed by atoms with van der Waals surface area (Å²) in [7, 11) is 1.88. The van der Waals surface area contributed by atoms with Crippen LogP contribution >= 0.6 is 0 Å². The van der Waals surface area contributed by atoms with Crippen LogP contribution in [0.5, 0.6) is 0 Å². The molecule has 19 heavy (non-hydrogen) atoms. The first kappa shape index (κ1) is 14.3. The number of aliphatic carboxylic acids is 1. The van der Waals surface area contributed by atoms with Gasteiger partial charge in [0.2, 0.25) is 5.91 Å². The van der Waals surface area contributed by atoms with E-state index in [1.54, 1.807) is 0 Å². The number of amides is 1. The highest BCUT2D eigenvalue weighted by molar-refractivity contribution is 5.79. The Kier molecular flexibility index (Phi) is 4.80. The van der Waals surface area contributed by atoms with Crippen LogP contribution in [0.1, 0.15) is 38.5 Å². The molecule has 5 heteroatoms. The molecule has 0 radical (unpaired) electrons. The number of carbonyl (C=O) groups is 2. The third-order valence-corrected chi connectivity index (χ3v) is 4.51. The van der Waals surface area contributed by atoms with Crippen LogP contribution in [0.3, 0.4) is 0 Å². The molecule has 1 aliphatic carbocycles. The minimum Gasteiger partial charge on any atom is -0.481 e. The summed E-state index contributed by atoms with van der Waals surface area (Å²) in [5.41, 5.74) is 0. The van der Waals surface area contributed by atoms with Gasteiger partial charge in [0.25, 0.3) is 0 Å². The molecule has 0 bridgehead atoms. The molecular formula is C14H23NO4. The van der Waals surface area contributed by atoms with E-state index in [4.69, 9.17) is 9.84 Å². The summed E-state index contributed by atoms with van der Waals surface area (Å²) in [6.45, 7) is 1.46. The molecule has 2 aliphatic rings. The third-order valence-electron chi connectivity index (χ3n) is 4.51. The van der Waals surface area contributed by atoms with Crippen molar-refractivity contribution in [3.05, 3.63) is 0 Å². The zero-order valence-electron chi connectivity index (χ0n) is 11.5. The molecule has 5 nitrogen and oxygen atoms in total. The molecule has 2 fully saturated rings. The second-order valence-electron chi connectivity index (χ2n) is 5.68. The highest BCUT2D eigenvalue weighted by atomic mass is 16.5. The Morgan fingerprint density at radius 3 is 2.05 bits per heavy atom. The van der Waals surface area contributed by atoms with Gasteiger partial charge in [-0.3, -0.25) is 9.59 Å². The first-order valence-corrected chi connectivity index (χ1v) is 7.17. The smallest absolute Gasteiger partial charge is 0.306 e. The lowest BCUT2D eigenvalue weighted by molar-refractivity contribution is -0.146. The van der Waals surface area contributed by atoms with Gasteiger partial charge >= 0.3 is 5.97 Å². The molecule has 0 aromatic rings. The van der Waals surface area contributed by atoms with Crippen molar-refractivity contribution in [3.63, 3.8) is 0 Å². The van der Waals surface area contributed by atoms with Crippen molar-refractivity contribution in [2.24, 2.45) is 11.8 Å². The quantitative estimate of drug-likeness (QED) is 0.843. The van der Waals surface area contributed by atoms with Crippen LogP contribution in [0.2, 0.25) is 0 Å². The summed E-state index contributed by atoms with van der Waals surface area (Å²) >= 11 is 0. The topological polar surface area (TPSA) is 66.8 Å². The van der Waals surface area contributed by atoms with Crippen LogP contribution < -0.4 is 0 Å². The van der Waals surface area contributed by atoms with Crippen molar-refractivity contribution >= 4 is 11.9 Å². The molecule has 0 unspecified atom stereocenters. The van der Waals surface area contributed by atoms with Crippen LogP contribution in [-0.2, 0) is 14.3 Å². The highest BCUT2D eigenvalue weighted by Crippen LogP contribution is 2.31. The number of ether oxygens (including phenoxy) is 1. The van der Waals surface area contributed by atoms with E-state index in [0.29, 0.717) is 31.7 Å². The minimum atomic E-state index is -0.719. The number of hydrogen-bond donors (Lipinski definition) is 1. The fourth-order valence-corrected chi connectivity index (χ4v) is 3.13. The predicted octanol–water partition coefficient (Wildman–Crippen LogP) is 1.51. The zero-order chi connectivity index (χ0) is 13.8. The molecule has 1 N–H and O–H groups in total. The molecule has 1 heterocycles. The van der Waals surface area contributed by atoms with Crippen LogP contribution in [-0.4, -0.2) is 48.2 Å². The van der Waals surface area contributed by atoms with Crippen LogP contribution in [0.15, 0.2) is 0 Å². The van der Waals surface area contributed by atoms with Crippen molar-refractivity contribution in [3.8, 4) is 0 Å². The Morgan fingerprint density at radius 1 is 1.00 bits per heavy atom. The van der Waals surface area contributed by atoms with E-state index in [-0.39, 0.29) is 17.7 Å². The van der Waals surface area contributed by atoms with Gasteiger partial charge in [-0.1, -0.05) is 0 Å². The SMILES string of the molecule is CN(C(=O)C1CCC(C(=O)O)CC1)C1CCOCC1. The maximum Gasteiger partial charge on any atom is 0.306 e. The molecule has 1 saturated carbocycles. The van der Waals surface area contributed by atoms with Crippen LogP contribution in [0.25, 0.3) is 0 Å². The van der Waals surface area contributed by atoms with E-state index in [1.807, 2.05) is 11.9 Å². The summed E-state index contributed by atoms with van der Waals surface area (Å²) in [6.07, 6.45) is 4.51. The molecule has 0 atom stereocenters. The number of carbonyl (C=O) groups excluding carboxylic acids is 1. The Labute approximate surface area is 113 Å². The van der Waals surface area contributed by atoms with E-state index in [0.717, 1.165) is 26.1 Å². The van der Waals surface area contributed by atoms with Gasteiger partial charge in [-0.25, -0.2) is 0 Å². The largest absolute Gasteiger partial charge is 0.481 e. The van der Waals surface area contributed by atoms with Crippen molar-refractivity contribution in [1.29, 1.82) is 0 Å². The number of nitrogens with zero attached hydrogens (tertiary/aromatic N) is 1. The monoisotopic (exact) mass is 269 g/mol. The summed E-state index contributed by atoms with van der Waals surface area (Å²) in [5, 5.41) is 8.97. The van der Waals surface area contributed by atoms with Gasteiger partial charge in [-0.15, -0.1) is 0 Å². The lowest BCUT2D eigenvalue weighted by Gasteiger charge is -2.35. The molecule has 0 spiro atoms. The Balaban J connectivity index is 1.84. The van der Waals surface area contributed by atoms with Gasteiger partial charge in [-0.05, 0) is 38.5 Å². The Bertz CT molecular complexity index is 330. The van der Waals surface area contributed by atoms with E-state index in [2.05, 4.69) is 0 Å². The van der Waals surface area contributed by atoms with Gasteiger partial charge in [0.15, 0.2) is 0 Å². The summed E-state index contributed by atoms with van der Waals surface area (Å²) in [5.74, 6) is -0.764. The van der Waals surface area contributed by atoms with Crippen molar-refractivity contribution < 1.29 is 19.4 Å². The van der Waals surface area contributed by atoms with Crippen molar-refractivity contribution in [2.75, 3.05) is 20.3 Å². The molecule has 0 aromatic carbocycles. The second kappa shape index (κ2) is 6.37. The van der Waals surface area contributed by atoms with Crippen LogP contribution in [0.4, 0.5) is 0 Å². The van der Waals surface area contributed by atoms with E-state index < -0.39 is 5.97 Å². The fraction of sp³-hybridized carbons (Fsp3) is 0.857. The average molecular weight is 269 g/mol. The van der Waals surface area contributed by atoms with Gasteiger partial charge < -0.3 is 14.7 Å². The molecular weight excluding hydrogens is 246 g/mol. The Morgan fingerprint density at radius 2 is 1.53 bits per heavy atom. The third kappa shape index (κ3) is 3.47. The summed E-state index contributed by atoms with van der Waals surface area (Å²) in [6, 6.07) is 0.290. The van der Waals surface area contributed by atoms with Gasteiger partial charge in [-0.2, -0.15) is 0 Å². The average Bonchev–Trinajstić information content (AvgIpc) is 2.46. The number of carboxylic acid groups (broad SMARTS) is 1. The van der Waals surface area contributed by atoms with E-state index in [1.165, 1.54) is 0 Å². The number of carboxylic acids is 1. The standard InChI is InChI=1S/C14H23NO4/c1-15(12-6-8-19-9-7-12)13(16)10-2-4-11(5-3-10)14(17)18/h10-12H,2-9H2,1H3,(H,17,18). The van der Waals surface area contributed by atoms with Gasteiger partial charge in [0.1, 0.15) is 0 Å². The van der Waals surface area contributed by atoms with E-state index in [9.17, 15) is 9.59 Å². The molecule has 0 aromatic heterocycles. The van der Waals surface area contributed by atoms with E-state index >= 15 is 0 Å². The molecule has 108 valence electrons. The number of hydrogen-bond acceptors (Lipinski definition) is 3. The van der Waals surface area contributed by atoms with Crippen LogP contribution in [0, 0.1) is 11.8 Å². The minimum absolute atomic E-state index is 0.0171. The zero-order valence-corrected chi connectivity index (χ0v) is 11.5. The Hall–Kier alpha value is -1.10. The molecule has 1 amide bonds. The van der Waals surface area contributed by atoms with Crippen molar-refractivity contribution in [2.45, 2.75) is 44.6 Å². The number of rotatable bonds is 3. The first-order valence-electron chi connectivity index (χ1n) is 7.17. The highest BCUT2D eigenvalue weighted by Gasteiger charge is 2.33. The first-order chi connectivity index (χ1) is 9.09. The lowest BCUT2D eigenvalue weighted by Crippen LogP contribution is -2.44.